The molecule has 0 saturated carbocycles. The Bertz CT molecular complexity index is 630. The second-order valence-corrected chi connectivity index (χ2v) is 4.22. The van der Waals surface area contributed by atoms with Crippen LogP contribution in [0.25, 0.3) is 0 Å². The Hall–Kier alpha value is -2.96. The zero-order valence-electron chi connectivity index (χ0n) is 11.2. The fourth-order valence-corrected chi connectivity index (χ4v) is 1.67. The molecule has 0 aliphatic heterocycles. The highest BCUT2D eigenvalue weighted by Gasteiger charge is 2.07. The van der Waals surface area contributed by atoms with Crippen LogP contribution in [-0.4, -0.2) is 34.9 Å². The predicted molar refractivity (Wildman–Crippen MR) is 77.8 cm³/mol. The lowest BCUT2D eigenvalue weighted by Gasteiger charge is -2.07. The summed E-state index contributed by atoms with van der Waals surface area (Å²) in [4.78, 5) is 30.9. The van der Waals surface area contributed by atoms with Crippen LogP contribution in [0, 0.1) is 0 Å². The fraction of sp³-hybridized carbons (Fsp3) is 0.143. The molecule has 0 aliphatic carbocycles. The van der Waals surface area contributed by atoms with Gasteiger partial charge in [-0.05, 0) is 18.2 Å². The molecular formula is C14H15N5O2. The first kappa shape index (κ1) is 14.4. The molecule has 1 aromatic carbocycles. The number of anilines is 1. The van der Waals surface area contributed by atoms with E-state index in [4.69, 9.17) is 5.73 Å². The summed E-state index contributed by atoms with van der Waals surface area (Å²) in [6, 6.07) is 6.27. The summed E-state index contributed by atoms with van der Waals surface area (Å²) < 4.78 is 0. The monoisotopic (exact) mass is 285 g/mol. The van der Waals surface area contributed by atoms with Crippen molar-refractivity contribution in [2.24, 2.45) is 5.73 Å². The molecule has 0 unspecified atom stereocenters. The third-order valence-corrected chi connectivity index (χ3v) is 2.69. The first-order valence-corrected chi connectivity index (χ1v) is 6.35. The second kappa shape index (κ2) is 6.99. The minimum atomic E-state index is -0.561. The summed E-state index contributed by atoms with van der Waals surface area (Å²) in [6.45, 7) is 0.927. The van der Waals surface area contributed by atoms with Crippen LogP contribution < -0.4 is 16.4 Å². The molecule has 2 rings (SSSR count). The number of hydrogen-bond acceptors (Lipinski definition) is 5. The van der Waals surface area contributed by atoms with E-state index in [0.717, 1.165) is 0 Å². The van der Waals surface area contributed by atoms with Crippen LogP contribution in [0.15, 0.2) is 42.9 Å². The molecule has 4 N–H and O–H groups in total. The minimum absolute atomic E-state index is 0.265. The summed E-state index contributed by atoms with van der Waals surface area (Å²) in [7, 11) is 0. The molecule has 0 saturated heterocycles. The number of benzene rings is 1. The Balaban J connectivity index is 1.82. The number of carbonyl (C=O) groups excluding carboxylic acids is 2. The molecule has 7 heteroatoms. The number of nitrogens with zero attached hydrogens (tertiary/aromatic N) is 2. The third-order valence-electron chi connectivity index (χ3n) is 2.69. The van der Waals surface area contributed by atoms with Crippen molar-refractivity contribution in [2.45, 2.75) is 0 Å². The first-order chi connectivity index (χ1) is 10.2. The van der Waals surface area contributed by atoms with Crippen LogP contribution in [0.4, 0.5) is 5.82 Å². The second-order valence-electron chi connectivity index (χ2n) is 4.22. The average Bonchev–Trinajstić information content (AvgIpc) is 2.52. The van der Waals surface area contributed by atoms with Crippen molar-refractivity contribution >= 4 is 17.6 Å². The standard InChI is InChI=1S/C14H15N5O2/c15-13(20)10-2-1-3-11(8-10)14(21)19-7-6-18-12-9-16-4-5-17-12/h1-5,8-9H,6-7H2,(H2,15,20)(H,17,18)(H,19,21). The van der Waals surface area contributed by atoms with Gasteiger partial charge in [-0.2, -0.15) is 0 Å². The Morgan fingerprint density at radius 1 is 1.14 bits per heavy atom. The van der Waals surface area contributed by atoms with Gasteiger partial charge in [0.1, 0.15) is 5.82 Å². The lowest BCUT2D eigenvalue weighted by molar-refractivity contribution is 0.0955. The summed E-state index contributed by atoms with van der Waals surface area (Å²) >= 11 is 0. The molecule has 0 atom stereocenters. The molecule has 1 heterocycles. The average molecular weight is 285 g/mol. The summed E-state index contributed by atoms with van der Waals surface area (Å²) in [5.74, 6) is -0.185. The Morgan fingerprint density at radius 2 is 1.95 bits per heavy atom. The Morgan fingerprint density at radius 3 is 2.67 bits per heavy atom. The van der Waals surface area contributed by atoms with Crippen molar-refractivity contribution in [3.05, 3.63) is 54.0 Å². The van der Waals surface area contributed by atoms with Gasteiger partial charge in [-0.15, -0.1) is 0 Å². The molecule has 0 aliphatic rings. The quantitative estimate of drug-likeness (QED) is 0.666. The molecule has 1 aromatic heterocycles. The van der Waals surface area contributed by atoms with Gasteiger partial charge in [0.2, 0.25) is 5.91 Å². The number of amides is 2. The van der Waals surface area contributed by atoms with Crippen molar-refractivity contribution in [1.82, 2.24) is 15.3 Å². The van der Waals surface area contributed by atoms with Crippen molar-refractivity contribution in [3.63, 3.8) is 0 Å². The van der Waals surface area contributed by atoms with Crippen LogP contribution in [0.1, 0.15) is 20.7 Å². The Labute approximate surface area is 121 Å². The van der Waals surface area contributed by atoms with E-state index in [9.17, 15) is 9.59 Å². The van der Waals surface area contributed by atoms with E-state index in [2.05, 4.69) is 20.6 Å². The van der Waals surface area contributed by atoms with Crippen LogP contribution >= 0.6 is 0 Å². The number of primary amides is 1. The summed E-state index contributed by atoms with van der Waals surface area (Å²) in [5.41, 5.74) is 5.88. The zero-order chi connectivity index (χ0) is 15.1. The van der Waals surface area contributed by atoms with Gasteiger partial charge in [-0.25, -0.2) is 4.98 Å². The molecule has 0 bridgehead atoms. The smallest absolute Gasteiger partial charge is 0.251 e. The number of rotatable bonds is 6. The molecule has 108 valence electrons. The van der Waals surface area contributed by atoms with E-state index >= 15 is 0 Å². The summed E-state index contributed by atoms with van der Waals surface area (Å²) in [6.07, 6.45) is 4.76. The normalized spacial score (nSPS) is 9.90. The van der Waals surface area contributed by atoms with Crippen LogP contribution in [0.5, 0.6) is 0 Å². The Kier molecular flexibility index (Phi) is 4.81. The van der Waals surface area contributed by atoms with Crippen molar-refractivity contribution in [3.8, 4) is 0 Å². The van der Waals surface area contributed by atoms with E-state index < -0.39 is 5.91 Å². The van der Waals surface area contributed by atoms with Crippen LogP contribution in [-0.2, 0) is 0 Å². The topological polar surface area (TPSA) is 110 Å². The SMILES string of the molecule is NC(=O)c1cccc(C(=O)NCCNc2cnccn2)c1. The number of carbonyl (C=O) groups is 2. The van der Waals surface area contributed by atoms with E-state index in [1.165, 1.54) is 6.07 Å². The molecule has 7 nitrogen and oxygen atoms in total. The number of nitrogens with one attached hydrogen (secondary N) is 2. The van der Waals surface area contributed by atoms with Crippen LogP contribution in [0.3, 0.4) is 0 Å². The molecule has 0 spiro atoms. The van der Waals surface area contributed by atoms with E-state index in [-0.39, 0.29) is 5.91 Å². The van der Waals surface area contributed by atoms with Gasteiger partial charge >= 0.3 is 0 Å². The highest BCUT2D eigenvalue weighted by Crippen LogP contribution is 2.04. The maximum Gasteiger partial charge on any atom is 0.251 e. The molecule has 2 amide bonds. The summed E-state index contributed by atoms with van der Waals surface area (Å²) in [5, 5.41) is 5.75. The third kappa shape index (κ3) is 4.27. The van der Waals surface area contributed by atoms with Crippen LogP contribution in [0.2, 0.25) is 0 Å². The minimum Gasteiger partial charge on any atom is -0.367 e. The fourth-order valence-electron chi connectivity index (χ4n) is 1.67. The molecule has 21 heavy (non-hydrogen) atoms. The highest BCUT2D eigenvalue weighted by molar-refractivity contribution is 5.99. The van der Waals surface area contributed by atoms with Gasteiger partial charge in [0.15, 0.2) is 0 Å². The highest BCUT2D eigenvalue weighted by atomic mass is 16.2. The van der Waals surface area contributed by atoms with Gasteiger partial charge in [-0.3, -0.25) is 14.6 Å². The van der Waals surface area contributed by atoms with Gasteiger partial charge in [-0.1, -0.05) is 6.07 Å². The van der Waals surface area contributed by atoms with E-state index in [1.54, 1.807) is 36.8 Å². The maximum absolute atomic E-state index is 11.9. The molecule has 2 aromatic rings. The van der Waals surface area contributed by atoms with Gasteiger partial charge in [0.05, 0.1) is 6.20 Å². The number of aromatic nitrogens is 2. The largest absolute Gasteiger partial charge is 0.367 e. The first-order valence-electron chi connectivity index (χ1n) is 6.35. The zero-order valence-corrected chi connectivity index (χ0v) is 11.2. The molecule has 0 radical (unpaired) electrons. The van der Waals surface area contributed by atoms with Gasteiger partial charge in [0.25, 0.3) is 5.91 Å². The van der Waals surface area contributed by atoms with Crippen molar-refractivity contribution in [2.75, 3.05) is 18.4 Å². The van der Waals surface area contributed by atoms with E-state index in [1.807, 2.05) is 0 Å². The lowest BCUT2D eigenvalue weighted by Crippen LogP contribution is -2.29. The lowest BCUT2D eigenvalue weighted by atomic mass is 10.1. The van der Waals surface area contributed by atoms with Crippen molar-refractivity contribution < 1.29 is 9.59 Å². The van der Waals surface area contributed by atoms with Crippen molar-refractivity contribution in [1.29, 1.82) is 0 Å². The van der Waals surface area contributed by atoms with E-state index in [0.29, 0.717) is 30.0 Å². The molecular weight excluding hydrogens is 270 g/mol. The van der Waals surface area contributed by atoms with Gasteiger partial charge < -0.3 is 16.4 Å². The van der Waals surface area contributed by atoms with Gasteiger partial charge in [0, 0.05) is 36.6 Å². The predicted octanol–water partition coefficient (Wildman–Crippen LogP) is 0.417. The number of nitrogens with two attached hydrogens (primary N) is 1. The number of hydrogen-bond donors (Lipinski definition) is 3. The maximum atomic E-state index is 11.9. The molecule has 0 fully saturated rings.